The number of ketones is 1. The van der Waals surface area contributed by atoms with Crippen LogP contribution in [0, 0.1) is 0 Å². The van der Waals surface area contributed by atoms with Crippen LogP contribution >= 0.6 is 23.2 Å². The first-order valence-electron chi connectivity index (χ1n) is 13.7. The number of hydrogen-bond donors (Lipinski definition) is 2. The number of hydrogen-bond acceptors (Lipinski definition) is 3. The molecule has 7 heteroatoms. The summed E-state index contributed by atoms with van der Waals surface area (Å²) >= 11 is 12.1. The maximum atomic E-state index is 13.4. The normalized spacial score (nSPS) is 11.3. The quantitative estimate of drug-likeness (QED) is 0.128. The lowest BCUT2D eigenvalue weighted by Crippen LogP contribution is -2.30. The van der Waals surface area contributed by atoms with Crippen molar-refractivity contribution >= 4 is 58.6 Å². The van der Waals surface area contributed by atoms with Gasteiger partial charge < -0.3 is 10.6 Å². The molecule has 0 aromatic heterocycles. The van der Waals surface area contributed by atoms with Gasteiger partial charge in [-0.25, -0.2) is 0 Å². The first kappa shape index (κ1) is 30.2. The molecule has 0 aliphatic carbocycles. The van der Waals surface area contributed by atoms with E-state index in [-0.39, 0.29) is 11.5 Å². The summed E-state index contributed by atoms with van der Waals surface area (Å²) in [6.07, 6.45) is 4.66. The molecule has 0 aliphatic heterocycles. The van der Waals surface area contributed by atoms with Crippen molar-refractivity contribution in [2.24, 2.45) is 0 Å². The fourth-order valence-electron chi connectivity index (χ4n) is 4.33. The molecule has 0 bridgehead atoms. The molecule has 0 fully saturated rings. The third-order valence-corrected chi connectivity index (χ3v) is 7.22. The molecule has 5 rings (SSSR count). The van der Waals surface area contributed by atoms with Crippen molar-refractivity contribution in [3.8, 4) is 11.1 Å². The molecule has 0 spiro atoms. The summed E-state index contributed by atoms with van der Waals surface area (Å²) in [5.41, 5.74) is 4.87. The summed E-state index contributed by atoms with van der Waals surface area (Å²) in [6, 6.07) is 37.8. The Balaban J connectivity index is 1.33. The van der Waals surface area contributed by atoms with Gasteiger partial charge in [-0.2, -0.15) is 0 Å². The molecule has 44 heavy (non-hydrogen) atoms. The third kappa shape index (κ3) is 7.98. The van der Waals surface area contributed by atoms with Crippen LogP contribution in [0.3, 0.4) is 0 Å². The van der Waals surface area contributed by atoms with E-state index in [1.165, 1.54) is 6.08 Å². The average molecular weight is 618 g/mol. The highest BCUT2D eigenvalue weighted by atomic mass is 35.5. The molecule has 2 amide bonds. The summed E-state index contributed by atoms with van der Waals surface area (Å²) in [5, 5.41) is 6.51. The fraction of sp³-hybridized carbons (Fsp3) is 0. The number of amides is 2. The van der Waals surface area contributed by atoms with Crippen molar-refractivity contribution in [2.75, 3.05) is 5.32 Å². The molecule has 0 unspecified atom stereocenters. The smallest absolute Gasteiger partial charge is 0.272 e. The van der Waals surface area contributed by atoms with E-state index in [0.717, 1.165) is 16.7 Å². The average Bonchev–Trinajstić information content (AvgIpc) is 3.05. The van der Waals surface area contributed by atoms with E-state index in [2.05, 4.69) is 10.6 Å². The van der Waals surface area contributed by atoms with Gasteiger partial charge >= 0.3 is 0 Å². The molecular formula is C37H26Cl2N2O3. The second kappa shape index (κ2) is 14.3. The molecule has 216 valence electrons. The van der Waals surface area contributed by atoms with Crippen LogP contribution in [0.4, 0.5) is 5.69 Å². The Labute approximate surface area is 265 Å². The van der Waals surface area contributed by atoms with Crippen molar-refractivity contribution in [1.82, 2.24) is 5.32 Å². The summed E-state index contributed by atoms with van der Waals surface area (Å²) in [5.74, 6) is -1.16. The van der Waals surface area contributed by atoms with Crippen LogP contribution in [-0.4, -0.2) is 17.6 Å². The van der Waals surface area contributed by atoms with Crippen molar-refractivity contribution in [1.29, 1.82) is 0 Å². The molecule has 0 heterocycles. The summed E-state index contributed by atoms with van der Waals surface area (Å²) in [7, 11) is 0. The number of anilines is 1. The van der Waals surface area contributed by atoms with Crippen LogP contribution in [0.2, 0.25) is 10.0 Å². The highest BCUT2D eigenvalue weighted by Crippen LogP contribution is 2.23. The number of halogens is 2. The topological polar surface area (TPSA) is 75.3 Å². The maximum Gasteiger partial charge on any atom is 0.272 e. The van der Waals surface area contributed by atoms with Gasteiger partial charge in [0, 0.05) is 26.9 Å². The minimum Gasteiger partial charge on any atom is -0.321 e. The van der Waals surface area contributed by atoms with Crippen LogP contribution in [0.25, 0.3) is 23.3 Å². The van der Waals surface area contributed by atoms with Gasteiger partial charge in [-0.3, -0.25) is 14.4 Å². The number of nitrogens with one attached hydrogen (secondary N) is 2. The van der Waals surface area contributed by atoms with Crippen LogP contribution in [-0.2, 0) is 4.79 Å². The van der Waals surface area contributed by atoms with E-state index < -0.39 is 11.8 Å². The van der Waals surface area contributed by atoms with Gasteiger partial charge in [-0.1, -0.05) is 102 Å². The third-order valence-electron chi connectivity index (χ3n) is 6.66. The zero-order chi connectivity index (χ0) is 30.9. The Morgan fingerprint density at radius 1 is 0.636 bits per heavy atom. The fourth-order valence-corrected chi connectivity index (χ4v) is 4.80. The number of carbonyl (C=O) groups excluding carboxylic acids is 3. The van der Waals surface area contributed by atoms with Crippen LogP contribution in [0.1, 0.15) is 31.8 Å². The zero-order valence-corrected chi connectivity index (χ0v) is 24.8. The van der Waals surface area contributed by atoms with Crippen molar-refractivity contribution in [3.63, 3.8) is 0 Å². The Morgan fingerprint density at radius 3 is 1.93 bits per heavy atom. The largest absolute Gasteiger partial charge is 0.321 e. The van der Waals surface area contributed by atoms with Crippen LogP contribution < -0.4 is 10.6 Å². The molecule has 5 aromatic carbocycles. The van der Waals surface area contributed by atoms with E-state index in [4.69, 9.17) is 23.2 Å². The van der Waals surface area contributed by atoms with E-state index in [0.29, 0.717) is 32.4 Å². The molecular weight excluding hydrogens is 591 g/mol. The lowest BCUT2D eigenvalue weighted by molar-refractivity contribution is -0.113. The van der Waals surface area contributed by atoms with Gasteiger partial charge in [0.1, 0.15) is 5.70 Å². The molecule has 5 aromatic rings. The van der Waals surface area contributed by atoms with Crippen molar-refractivity contribution < 1.29 is 14.4 Å². The molecule has 5 nitrogen and oxygen atoms in total. The molecule has 0 saturated carbocycles. The lowest BCUT2D eigenvalue weighted by atomic mass is 10.0. The predicted molar refractivity (Wildman–Crippen MR) is 179 cm³/mol. The Morgan fingerprint density at radius 2 is 1.27 bits per heavy atom. The first-order chi connectivity index (χ1) is 21.4. The van der Waals surface area contributed by atoms with Crippen LogP contribution in [0.15, 0.2) is 139 Å². The van der Waals surface area contributed by atoms with Gasteiger partial charge in [0.25, 0.3) is 11.8 Å². The zero-order valence-electron chi connectivity index (χ0n) is 23.3. The Kier molecular flexibility index (Phi) is 9.82. The SMILES string of the molecule is O=C(Nc1ccc(C(=O)/C=C/c2ccc(Cl)cc2Cl)cc1)/C(=C/c1ccc(-c2ccccc2)cc1)NC(=O)c1ccccc1. The number of carbonyl (C=O) groups is 3. The Hall–Kier alpha value is -5.23. The van der Waals surface area contributed by atoms with E-state index in [1.807, 2.05) is 60.7 Å². The van der Waals surface area contributed by atoms with Crippen LogP contribution in [0.5, 0.6) is 0 Å². The Bertz CT molecular complexity index is 1850. The van der Waals surface area contributed by atoms with Gasteiger partial charge in [0.2, 0.25) is 0 Å². The van der Waals surface area contributed by atoms with Gasteiger partial charge in [-0.05, 0) is 89.0 Å². The first-order valence-corrected chi connectivity index (χ1v) is 14.4. The highest BCUT2D eigenvalue weighted by molar-refractivity contribution is 6.35. The van der Waals surface area contributed by atoms with Crippen molar-refractivity contribution in [3.05, 3.63) is 171 Å². The van der Waals surface area contributed by atoms with E-state index in [1.54, 1.807) is 78.9 Å². The second-order valence-corrected chi connectivity index (χ2v) is 10.6. The van der Waals surface area contributed by atoms with Gasteiger partial charge in [0.05, 0.1) is 0 Å². The minimum absolute atomic E-state index is 0.0641. The second-order valence-electron chi connectivity index (χ2n) is 9.76. The molecule has 0 atom stereocenters. The summed E-state index contributed by atoms with van der Waals surface area (Å²) in [6.45, 7) is 0. The molecule has 0 saturated heterocycles. The van der Waals surface area contributed by atoms with Crippen molar-refractivity contribution in [2.45, 2.75) is 0 Å². The van der Waals surface area contributed by atoms with Gasteiger partial charge in [-0.15, -0.1) is 0 Å². The standard InChI is InChI=1S/C37H26Cl2N2O3/c38-31-19-15-28(33(39)24-31)18-22-35(42)29-16-20-32(21-17-29)40-37(44)34(41-36(43)30-9-5-2-6-10-30)23-25-11-13-27(14-12-25)26-7-3-1-4-8-26/h1-24H,(H,40,44)(H,41,43)/b22-18+,34-23-. The molecule has 2 N–H and O–H groups in total. The lowest BCUT2D eigenvalue weighted by Gasteiger charge is -2.12. The minimum atomic E-state index is -0.516. The van der Waals surface area contributed by atoms with Gasteiger partial charge in [0.15, 0.2) is 5.78 Å². The maximum absolute atomic E-state index is 13.4. The highest BCUT2D eigenvalue weighted by Gasteiger charge is 2.15. The summed E-state index contributed by atoms with van der Waals surface area (Å²) in [4.78, 5) is 39.1. The summed E-state index contributed by atoms with van der Waals surface area (Å²) < 4.78 is 0. The van der Waals surface area contributed by atoms with E-state index in [9.17, 15) is 14.4 Å². The number of benzene rings is 5. The van der Waals surface area contributed by atoms with E-state index >= 15 is 0 Å². The molecule has 0 radical (unpaired) electrons. The predicted octanol–water partition coefficient (Wildman–Crippen LogP) is 8.97. The molecule has 0 aliphatic rings. The number of rotatable bonds is 9. The monoisotopic (exact) mass is 616 g/mol. The number of allylic oxidation sites excluding steroid dienone is 1.